The zero-order chi connectivity index (χ0) is 45.2. The number of sulfonamides is 1. The number of rotatable bonds is 14. The van der Waals surface area contributed by atoms with Gasteiger partial charge in [0.1, 0.15) is 17.2 Å². The fraction of sp³-hybridized carbons (Fsp3) is 0.404. The van der Waals surface area contributed by atoms with E-state index in [1.165, 1.54) is 34.9 Å². The third-order valence-electron chi connectivity index (χ3n) is 13.0. The van der Waals surface area contributed by atoms with E-state index in [9.17, 15) is 23.3 Å². The highest BCUT2D eigenvalue weighted by Gasteiger charge is 2.31. The Morgan fingerprint density at radius 2 is 1.75 bits per heavy atom. The van der Waals surface area contributed by atoms with E-state index >= 15 is 0 Å². The standard InChI is InChI=1S/C47H55ClN8O7S/c1-47(2)20-19-32(38(27-47)31-9-11-33(48)12-10-31)29-54-21-23-55(24-22-54)34-13-17-37(43(25-34)63-42-6-4-5-40-44(42)45(49)52-51-40)46(57)53-64(60,61)36-16-18-39(41(26-36)56(58)59)50-28-30-7-14-35(62-3)15-8-30/h4-6,9-13,16-18,25-26,30,35,50H,7-8,14-15,19-24,27-29H2,1-3H3,(H,53,57)(H3,49,51,52)/t30-,35-. The second kappa shape index (κ2) is 18.8. The number of nitrogens with two attached hydrogens (primary N) is 1. The van der Waals surface area contributed by atoms with Gasteiger partial charge < -0.3 is 25.4 Å². The fourth-order valence-electron chi connectivity index (χ4n) is 9.19. The van der Waals surface area contributed by atoms with Crippen LogP contribution < -0.4 is 25.4 Å². The van der Waals surface area contributed by atoms with Crippen molar-refractivity contribution in [3.63, 3.8) is 0 Å². The summed E-state index contributed by atoms with van der Waals surface area (Å²) >= 11 is 6.25. The number of halogens is 1. The lowest BCUT2D eigenvalue weighted by atomic mass is 9.72. The normalized spacial score (nSPS) is 19.4. The summed E-state index contributed by atoms with van der Waals surface area (Å²) in [6.07, 6.45) is 7.03. The molecule has 0 spiro atoms. The van der Waals surface area contributed by atoms with E-state index in [0.717, 1.165) is 81.4 Å². The predicted octanol–water partition coefficient (Wildman–Crippen LogP) is 9.02. The topological polar surface area (TPSA) is 198 Å². The van der Waals surface area contributed by atoms with Gasteiger partial charge in [-0.2, -0.15) is 5.10 Å². The van der Waals surface area contributed by atoms with Gasteiger partial charge in [0, 0.05) is 69.2 Å². The van der Waals surface area contributed by atoms with Gasteiger partial charge in [-0.25, -0.2) is 13.1 Å². The van der Waals surface area contributed by atoms with E-state index in [1.807, 2.05) is 12.1 Å². The van der Waals surface area contributed by atoms with Crippen molar-refractivity contribution in [1.82, 2.24) is 19.8 Å². The first-order chi connectivity index (χ1) is 30.7. The molecule has 64 heavy (non-hydrogen) atoms. The van der Waals surface area contributed by atoms with Crippen LogP contribution >= 0.6 is 11.6 Å². The maximum Gasteiger partial charge on any atom is 0.293 e. The van der Waals surface area contributed by atoms with Crippen LogP contribution in [-0.4, -0.2) is 86.8 Å². The number of nitrogens with one attached hydrogen (secondary N) is 3. The molecule has 4 aromatic carbocycles. The Balaban J connectivity index is 1.01. The number of methoxy groups -OCH3 is 1. The van der Waals surface area contributed by atoms with Crippen molar-refractivity contribution in [1.29, 1.82) is 0 Å². The number of aromatic amines is 1. The molecule has 1 aliphatic heterocycles. The third-order valence-corrected chi connectivity index (χ3v) is 14.5. The molecule has 1 amide bonds. The van der Waals surface area contributed by atoms with Gasteiger partial charge in [0.2, 0.25) is 0 Å². The molecule has 2 fully saturated rings. The predicted molar refractivity (Wildman–Crippen MR) is 251 cm³/mol. The molecular formula is C47H55ClN8O7S. The van der Waals surface area contributed by atoms with Crippen LogP contribution in [0.5, 0.6) is 11.5 Å². The number of hydrogen-bond acceptors (Lipinski definition) is 12. The number of nitro benzene ring substituents is 1. The number of nitrogens with zero attached hydrogens (tertiary/aromatic N) is 4. The Bertz CT molecular complexity index is 2670. The molecule has 2 heterocycles. The monoisotopic (exact) mass is 910 g/mol. The summed E-state index contributed by atoms with van der Waals surface area (Å²) in [7, 11) is -2.89. The number of H-pyrrole nitrogens is 1. The molecule has 338 valence electrons. The molecule has 5 N–H and O–H groups in total. The average molecular weight is 912 g/mol. The van der Waals surface area contributed by atoms with Gasteiger partial charge in [0.15, 0.2) is 5.82 Å². The van der Waals surface area contributed by atoms with E-state index in [-0.39, 0.29) is 34.3 Å². The van der Waals surface area contributed by atoms with Crippen molar-refractivity contribution >= 4 is 66.9 Å². The van der Waals surface area contributed by atoms with E-state index in [0.29, 0.717) is 42.2 Å². The van der Waals surface area contributed by atoms with Gasteiger partial charge >= 0.3 is 0 Å². The van der Waals surface area contributed by atoms with E-state index < -0.39 is 31.4 Å². The highest BCUT2D eigenvalue weighted by atomic mass is 35.5. The Hall–Kier alpha value is -5.68. The molecule has 3 aliphatic rings. The summed E-state index contributed by atoms with van der Waals surface area (Å²) in [6, 6.07) is 22.0. The smallest absolute Gasteiger partial charge is 0.293 e. The highest BCUT2D eigenvalue weighted by molar-refractivity contribution is 7.90. The molecule has 1 saturated heterocycles. The first-order valence-electron chi connectivity index (χ1n) is 21.8. The number of carbonyl (C=O) groups is 1. The Labute approximate surface area is 378 Å². The van der Waals surface area contributed by atoms with Crippen molar-refractivity contribution in [2.45, 2.75) is 69.8 Å². The number of benzene rings is 4. The van der Waals surface area contributed by atoms with Crippen molar-refractivity contribution in [2.24, 2.45) is 11.3 Å². The molecule has 17 heteroatoms. The number of hydrogen-bond donors (Lipinski definition) is 4. The summed E-state index contributed by atoms with van der Waals surface area (Å²) in [4.78, 5) is 29.9. The lowest BCUT2D eigenvalue weighted by Crippen LogP contribution is -2.47. The average Bonchev–Trinajstić information content (AvgIpc) is 3.67. The fourth-order valence-corrected chi connectivity index (χ4v) is 10.3. The number of nitro groups is 1. The van der Waals surface area contributed by atoms with Crippen LogP contribution in [0.15, 0.2) is 89.3 Å². The van der Waals surface area contributed by atoms with E-state index in [1.54, 1.807) is 37.4 Å². The molecular weight excluding hydrogens is 856 g/mol. The number of fused-ring (bicyclic) bond motifs is 1. The number of anilines is 3. The molecule has 0 atom stereocenters. The number of amides is 1. The second-order valence-electron chi connectivity index (χ2n) is 17.9. The first-order valence-corrected chi connectivity index (χ1v) is 23.6. The van der Waals surface area contributed by atoms with Gasteiger partial charge in [-0.1, -0.05) is 49.2 Å². The van der Waals surface area contributed by atoms with Crippen molar-refractivity contribution in [3.05, 3.63) is 111 Å². The van der Waals surface area contributed by atoms with Gasteiger partial charge in [0.25, 0.3) is 21.6 Å². The molecule has 8 rings (SSSR count). The number of nitrogen functional groups attached to an aromatic ring is 1. The number of ether oxygens (including phenoxy) is 2. The maximum absolute atomic E-state index is 14.0. The minimum Gasteiger partial charge on any atom is -0.456 e. The van der Waals surface area contributed by atoms with Crippen molar-refractivity contribution in [2.75, 3.05) is 62.3 Å². The summed E-state index contributed by atoms with van der Waals surface area (Å²) < 4.78 is 41.6. The lowest BCUT2D eigenvalue weighted by Gasteiger charge is -2.39. The van der Waals surface area contributed by atoms with Gasteiger partial charge in [-0.3, -0.25) is 24.9 Å². The second-order valence-corrected chi connectivity index (χ2v) is 20.0. The summed E-state index contributed by atoms with van der Waals surface area (Å²) in [6.45, 7) is 9.05. The molecule has 1 saturated carbocycles. The maximum atomic E-state index is 14.0. The van der Waals surface area contributed by atoms with Crippen molar-refractivity contribution < 1.29 is 27.6 Å². The van der Waals surface area contributed by atoms with Crippen LogP contribution in [0, 0.1) is 21.4 Å². The summed E-state index contributed by atoms with van der Waals surface area (Å²) in [5, 5.41) is 23.5. The lowest BCUT2D eigenvalue weighted by molar-refractivity contribution is -0.384. The van der Waals surface area contributed by atoms with Gasteiger partial charge in [0.05, 0.1) is 32.4 Å². The largest absolute Gasteiger partial charge is 0.456 e. The molecule has 0 bridgehead atoms. The van der Waals surface area contributed by atoms with Crippen LogP contribution in [0.1, 0.15) is 74.7 Å². The molecule has 5 aromatic rings. The third kappa shape index (κ3) is 10.1. The van der Waals surface area contributed by atoms with Crippen molar-refractivity contribution in [3.8, 4) is 11.5 Å². The summed E-state index contributed by atoms with van der Waals surface area (Å²) in [5.74, 6) is -0.0807. The Kier molecular flexibility index (Phi) is 13.2. The quantitative estimate of drug-likeness (QED) is 0.0610. The van der Waals surface area contributed by atoms with E-state index in [2.05, 4.69) is 56.0 Å². The highest BCUT2D eigenvalue weighted by Crippen LogP contribution is 2.44. The van der Waals surface area contributed by atoms with Crippen LogP contribution in [0.4, 0.5) is 22.9 Å². The SMILES string of the molecule is CO[C@H]1CC[C@H](CNc2ccc(S(=O)(=O)NC(=O)c3ccc(N4CCN(CC5=C(c6ccc(Cl)cc6)CC(C)(C)CC5)CC4)cc3Oc3cccc4[nH]nc(N)c34)cc2[N+](=O)[O-])CC1. The number of carbonyl (C=O) groups excluding carboxylic acids is 1. The number of aromatic nitrogens is 2. The van der Waals surface area contributed by atoms with Gasteiger partial charge in [-0.15, -0.1) is 0 Å². The molecule has 0 unspecified atom stereocenters. The summed E-state index contributed by atoms with van der Waals surface area (Å²) in [5.41, 5.74) is 11.6. The Morgan fingerprint density at radius 3 is 2.47 bits per heavy atom. The molecule has 15 nitrogen and oxygen atoms in total. The van der Waals surface area contributed by atoms with Crippen LogP contribution in [0.2, 0.25) is 5.02 Å². The molecule has 0 radical (unpaired) electrons. The zero-order valence-corrected chi connectivity index (χ0v) is 37.9. The van der Waals surface area contributed by atoms with Gasteiger partial charge in [-0.05, 0) is 116 Å². The van der Waals surface area contributed by atoms with Crippen LogP contribution in [0.3, 0.4) is 0 Å². The zero-order valence-electron chi connectivity index (χ0n) is 36.4. The number of allylic oxidation sites excluding steroid dienone is 1. The molecule has 1 aromatic heterocycles. The van der Waals surface area contributed by atoms with Crippen LogP contribution in [-0.2, 0) is 14.8 Å². The van der Waals surface area contributed by atoms with E-state index in [4.69, 9.17) is 26.8 Å². The number of piperazine rings is 1. The minimum absolute atomic E-state index is 0.0668. The first kappa shape index (κ1) is 44.9. The molecule has 2 aliphatic carbocycles. The minimum atomic E-state index is -4.59. The van der Waals surface area contributed by atoms with Crippen LogP contribution in [0.25, 0.3) is 16.5 Å². The Morgan fingerprint density at radius 1 is 1.00 bits per heavy atom.